The fourth-order valence-corrected chi connectivity index (χ4v) is 3.65. The summed E-state index contributed by atoms with van der Waals surface area (Å²) in [7, 11) is 0. The maximum atomic E-state index is 12.8. The van der Waals surface area contributed by atoms with Crippen molar-refractivity contribution in [2.24, 2.45) is 0 Å². The summed E-state index contributed by atoms with van der Waals surface area (Å²) in [6.07, 6.45) is 6.36. The van der Waals surface area contributed by atoms with Gasteiger partial charge in [0.15, 0.2) is 0 Å². The van der Waals surface area contributed by atoms with Gasteiger partial charge in [-0.25, -0.2) is 4.98 Å². The van der Waals surface area contributed by atoms with Crippen molar-refractivity contribution in [3.05, 3.63) is 11.6 Å². The summed E-state index contributed by atoms with van der Waals surface area (Å²) < 4.78 is 0. The second kappa shape index (κ2) is 6.13. The minimum atomic E-state index is -0.0147. The molecule has 2 unspecified atom stereocenters. The van der Waals surface area contributed by atoms with Gasteiger partial charge in [0.2, 0.25) is 5.82 Å². The molecule has 21 heavy (non-hydrogen) atoms. The van der Waals surface area contributed by atoms with Crippen LogP contribution in [0.25, 0.3) is 0 Å². The predicted molar refractivity (Wildman–Crippen MR) is 80.1 cm³/mol. The van der Waals surface area contributed by atoms with Crippen LogP contribution in [-0.4, -0.2) is 50.7 Å². The number of piperidine rings is 1. The first-order valence-corrected chi connectivity index (χ1v) is 8.19. The van der Waals surface area contributed by atoms with Crippen LogP contribution in [0.3, 0.4) is 0 Å². The molecule has 2 aliphatic rings. The number of nitrogens with one attached hydrogen (secondary N) is 2. The van der Waals surface area contributed by atoms with Crippen molar-refractivity contribution in [1.29, 1.82) is 0 Å². The van der Waals surface area contributed by atoms with Crippen LogP contribution in [0.4, 0.5) is 0 Å². The Hall–Kier alpha value is -1.43. The maximum absolute atomic E-state index is 12.8. The molecule has 6 nitrogen and oxygen atoms in total. The van der Waals surface area contributed by atoms with E-state index in [1.807, 2.05) is 11.8 Å². The zero-order chi connectivity index (χ0) is 14.8. The summed E-state index contributed by atoms with van der Waals surface area (Å²) in [5.41, 5.74) is 0. The average molecular weight is 291 g/mol. The van der Waals surface area contributed by atoms with Crippen LogP contribution >= 0.6 is 0 Å². The number of H-pyrrole nitrogens is 1. The fraction of sp³-hybridized carbons (Fsp3) is 0.800. The van der Waals surface area contributed by atoms with Gasteiger partial charge in [-0.2, -0.15) is 0 Å². The number of aromatic amines is 1. The van der Waals surface area contributed by atoms with E-state index in [-0.39, 0.29) is 5.91 Å². The molecule has 2 bridgehead atoms. The third kappa shape index (κ3) is 2.95. The van der Waals surface area contributed by atoms with Crippen molar-refractivity contribution < 1.29 is 4.79 Å². The summed E-state index contributed by atoms with van der Waals surface area (Å²) >= 11 is 0. The van der Waals surface area contributed by atoms with Gasteiger partial charge in [0.05, 0.1) is 0 Å². The van der Waals surface area contributed by atoms with Gasteiger partial charge in [-0.1, -0.05) is 13.8 Å². The molecular formula is C15H25N5O. The lowest BCUT2D eigenvalue weighted by molar-refractivity contribution is 0.0604. The number of fused-ring (bicyclic) bond motifs is 2. The predicted octanol–water partition coefficient (Wildman–Crippen LogP) is 1.50. The van der Waals surface area contributed by atoms with Gasteiger partial charge >= 0.3 is 0 Å². The van der Waals surface area contributed by atoms with Crippen LogP contribution in [-0.2, 0) is 6.42 Å². The van der Waals surface area contributed by atoms with E-state index in [1.54, 1.807) is 0 Å². The van der Waals surface area contributed by atoms with Crippen LogP contribution < -0.4 is 5.32 Å². The van der Waals surface area contributed by atoms with E-state index in [4.69, 9.17) is 0 Å². The van der Waals surface area contributed by atoms with Crippen molar-refractivity contribution in [2.45, 2.75) is 70.5 Å². The molecule has 3 rings (SSSR count). The molecule has 1 amide bonds. The summed E-state index contributed by atoms with van der Waals surface area (Å²) in [5, 5.41) is 10.6. The smallest absolute Gasteiger partial charge is 0.293 e. The monoisotopic (exact) mass is 291 g/mol. The third-order valence-corrected chi connectivity index (χ3v) is 4.67. The number of aryl methyl sites for hydroxylation is 1. The van der Waals surface area contributed by atoms with E-state index in [0.29, 0.717) is 23.9 Å². The molecule has 1 aromatic rings. The highest BCUT2D eigenvalue weighted by Gasteiger charge is 2.38. The molecule has 2 atom stereocenters. The summed E-state index contributed by atoms with van der Waals surface area (Å²) in [4.78, 5) is 19.1. The number of amides is 1. The molecule has 0 aromatic carbocycles. The molecule has 0 aliphatic carbocycles. The highest BCUT2D eigenvalue weighted by molar-refractivity contribution is 5.90. The topological polar surface area (TPSA) is 73.9 Å². The van der Waals surface area contributed by atoms with E-state index in [9.17, 15) is 4.79 Å². The molecule has 2 aliphatic heterocycles. The lowest BCUT2D eigenvalue weighted by Gasteiger charge is -2.37. The minimum absolute atomic E-state index is 0.0147. The molecule has 3 heterocycles. The first kappa shape index (κ1) is 14.5. The highest BCUT2D eigenvalue weighted by atomic mass is 16.2. The van der Waals surface area contributed by atoms with Crippen LogP contribution in [0.5, 0.6) is 0 Å². The molecule has 1 aromatic heterocycles. The maximum Gasteiger partial charge on any atom is 0.293 e. The van der Waals surface area contributed by atoms with Gasteiger partial charge < -0.3 is 10.2 Å². The number of carbonyl (C=O) groups excluding carboxylic acids is 1. The Morgan fingerprint density at radius 1 is 1.29 bits per heavy atom. The zero-order valence-corrected chi connectivity index (χ0v) is 12.9. The van der Waals surface area contributed by atoms with E-state index in [2.05, 4.69) is 27.4 Å². The summed E-state index contributed by atoms with van der Waals surface area (Å²) in [6, 6.07) is 1.50. The molecule has 0 radical (unpaired) electrons. The van der Waals surface area contributed by atoms with Gasteiger partial charge in [-0.05, 0) is 32.1 Å². The second-order valence-electron chi connectivity index (χ2n) is 6.22. The third-order valence-electron chi connectivity index (χ3n) is 4.67. The van der Waals surface area contributed by atoms with Crippen LogP contribution in [0, 0.1) is 0 Å². The number of rotatable bonds is 5. The number of hydrogen-bond acceptors (Lipinski definition) is 4. The number of carbonyl (C=O) groups is 1. The molecule has 0 saturated carbocycles. The van der Waals surface area contributed by atoms with Crippen LogP contribution in [0.2, 0.25) is 0 Å². The zero-order valence-electron chi connectivity index (χ0n) is 12.9. The van der Waals surface area contributed by atoms with E-state index < -0.39 is 0 Å². The molecule has 2 fully saturated rings. The normalized spacial score (nSPS) is 27.8. The highest BCUT2D eigenvalue weighted by Crippen LogP contribution is 2.30. The Morgan fingerprint density at radius 3 is 2.57 bits per heavy atom. The van der Waals surface area contributed by atoms with Crippen LogP contribution in [0.1, 0.15) is 62.4 Å². The molecule has 116 valence electrons. The minimum Gasteiger partial charge on any atom is -0.333 e. The van der Waals surface area contributed by atoms with Crippen molar-refractivity contribution in [2.75, 3.05) is 6.54 Å². The van der Waals surface area contributed by atoms with E-state index in [0.717, 1.165) is 38.1 Å². The Kier molecular flexibility index (Phi) is 4.24. The van der Waals surface area contributed by atoms with Crippen molar-refractivity contribution in [3.8, 4) is 0 Å². The Balaban J connectivity index is 1.75. The molecule has 2 saturated heterocycles. The number of aromatic nitrogens is 3. The number of nitrogens with zero attached hydrogens (tertiary/aromatic N) is 3. The summed E-state index contributed by atoms with van der Waals surface area (Å²) in [5.74, 6) is 1.09. The van der Waals surface area contributed by atoms with Gasteiger partial charge in [0, 0.05) is 31.1 Å². The first-order valence-electron chi connectivity index (χ1n) is 8.19. The molecule has 2 N–H and O–H groups in total. The molecule has 0 spiro atoms. The Bertz CT molecular complexity index is 488. The van der Waals surface area contributed by atoms with Gasteiger partial charge in [-0.15, -0.1) is 5.10 Å². The first-order chi connectivity index (χ1) is 10.2. The average Bonchev–Trinajstić information content (AvgIpc) is 3.10. The largest absolute Gasteiger partial charge is 0.333 e. The van der Waals surface area contributed by atoms with E-state index in [1.165, 1.54) is 12.8 Å². The van der Waals surface area contributed by atoms with Gasteiger partial charge in [0.25, 0.3) is 5.91 Å². The standard InChI is InChI=1S/C15H25N5O/c1-3-7-20(12-8-10-5-6-11(9-12)16-10)15(21)14-17-13(4-2)18-19-14/h10-12,16H,3-9H2,1-2H3,(H,17,18,19). The summed E-state index contributed by atoms with van der Waals surface area (Å²) in [6.45, 7) is 4.91. The van der Waals surface area contributed by atoms with Crippen LogP contribution in [0.15, 0.2) is 0 Å². The van der Waals surface area contributed by atoms with Crippen molar-refractivity contribution in [3.63, 3.8) is 0 Å². The molecular weight excluding hydrogens is 266 g/mol. The fourth-order valence-electron chi connectivity index (χ4n) is 3.65. The van der Waals surface area contributed by atoms with Gasteiger partial charge in [-0.3, -0.25) is 9.89 Å². The lowest BCUT2D eigenvalue weighted by atomic mass is 9.97. The van der Waals surface area contributed by atoms with Gasteiger partial charge in [0.1, 0.15) is 5.82 Å². The second-order valence-corrected chi connectivity index (χ2v) is 6.22. The SMILES string of the molecule is CCCN(C(=O)c1n[nH]c(CC)n1)C1CC2CCC(C1)N2. The van der Waals surface area contributed by atoms with Crippen molar-refractivity contribution >= 4 is 5.91 Å². The van der Waals surface area contributed by atoms with E-state index >= 15 is 0 Å². The Morgan fingerprint density at radius 2 is 2.00 bits per heavy atom. The Labute approximate surface area is 125 Å². The molecule has 6 heteroatoms. The quantitative estimate of drug-likeness (QED) is 0.862. The number of hydrogen-bond donors (Lipinski definition) is 2. The van der Waals surface area contributed by atoms with Crippen molar-refractivity contribution in [1.82, 2.24) is 25.4 Å². The lowest BCUT2D eigenvalue weighted by Crippen LogP contribution is -2.50.